The van der Waals surface area contributed by atoms with Crippen LogP contribution in [-0.2, 0) is 4.79 Å². The normalized spacial score (nSPS) is 13.2. The van der Waals surface area contributed by atoms with Crippen molar-refractivity contribution < 1.29 is 9.59 Å². The van der Waals surface area contributed by atoms with Crippen LogP contribution in [0.25, 0.3) is 0 Å². The van der Waals surface area contributed by atoms with Gasteiger partial charge in [-0.2, -0.15) is 0 Å². The van der Waals surface area contributed by atoms with E-state index in [1.807, 2.05) is 44.2 Å². The summed E-state index contributed by atoms with van der Waals surface area (Å²) in [6, 6.07) is 8.63. The minimum Gasteiger partial charge on any atom is -0.355 e. The number of benzene rings is 1. The van der Waals surface area contributed by atoms with Crippen molar-refractivity contribution in [3.8, 4) is 0 Å². The van der Waals surface area contributed by atoms with Gasteiger partial charge in [0.2, 0.25) is 5.91 Å². The van der Waals surface area contributed by atoms with Gasteiger partial charge in [0.05, 0.1) is 6.04 Å². The molecule has 104 valence electrons. The Morgan fingerprint density at radius 2 is 1.74 bits per heavy atom. The third kappa shape index (κ3) is 4.99. The predicted octanol–water partition coefficient (Wildman–Crippen LogP) is 1.57. The van der Waals surface area contributed by atoms with Gasteiger partial charge in [0.1, 0.15) is 6.04 Å². The number of hydrogen-bond donors (Lipinski definition) is 3. The third-order valence-electron chi connectivity index (χ3n) is 2.74. The molecule has 5 heteroatoms. The molecule has 1 aromatic carbocycles. The molecule has 0 radical (unpaired) electrons. The Kier molecular flexibility index (Phi) is 5.85. The third-order valence-corrected chi connectivity index (χ3v) is 2.74. The zero-order valence-electron chi connectivity index (χ0n) is 11.6. The molecule has 0 bridgehead atoms. The molecule has 0 saturated carbocycles. The van der Waals surface area contributed by atoms with E-state index >= 15 is 0 Å². The fraction of sp³-hybridized carbons (Fsp3) is 0.429. The van der Waals surface area contributed by atoms with Crippen LogP contribution in [-0.4, -0.2) is 24.5 Å². The van der Waals surface area contributed by atoms with Crippen LogP contribution in [0, 0.1) is 0 Å². The van der Waals surface area contributed by atoms with Crippen molar-refractivity contribution in [1.82, 2.24) is 16.0 Å². The summed E-state index contributed by atoms with van der Waals surface area (Å²) in [5, 5.41) is 8.05. The average molecular weight is 263 g/mol. The topological polar surface area (TPSA) is 70.2 Å². The molecule has 2 unspecified atom stereocenters. The Labute approximate surface area is 113 Å². The van der Waals surface area contributed by atoms with Crippen LogP contribution in [0.3, 0.4) is 0 Å². The summed E-state index contributed by atoms with van der Waals surface area (Å²) in [4.78, 5) is 23.2. The van der Waals surface area contributed by atoms with Crippen LogP contribution < -0.4 is 16.0 Å². The van der Waals surface area contributed by atoms with Crippen LogP contribution in [0.4, 0.5) is 4.79 Å². The number of urea groups is 1. The molecule has 0 aliphatic heterocycles. The van der Waals surface area contributed by atoms with E-state index in [0.717, 1.165) is 5.56 Å². The summed E-state index contributed by atoms with van der Waals surface area (Å²) in [6.45, 7) is 5.93. The summed E-state index contributed by atoms with van der Waals surface area (Å²) >= 11 is 0. The molecule has 0 saturated heterocycles. The maximum Gasteiger partial charge on any atom is 0.315 e. The van der Waals surface area contributed by atoms with Crippen LogP contribution in [0.2, 0.25) is 0 Å². The molecule has 0 heterocycles. The minimum atomic E-state index is -0.553. The minimum absolute atomic E-state index is 0.109. The second-order valence-corrected chi connectivity index (χ2v) is 4.37. The highest BCUT2D eigenvalue weighted by molar-refractivity contribution is 5.86. The first kappa shape index (κ1) is 15.0. The predicted molar refractivity (Wildman–Crippen MR) is 74.7 cm³/mol. The van der Waals surface area contributed by atoms with E-state index < -0.39 is 6.04 Å². The molecule has 0 aromatic heterocycles. The SMILES string of the molecule is CCNC(=O)C(C)NC(=O)NC(C)c1ccccc1. The van der Waals surface area contributed by atoms with Crippen LogP contribution in [0.15, 0.2) is 30.3 Å². The van der Waals surface area contributed by atoms with Gasteiger partial charge in [0.15, 0.2) is 0 Å². The number of amides is 3. The number of hydrogen-bond acceptors (Lipinski definition) is 2. The van der Waals surface area contributed by atoms with Gasteiger partial charge >= 0.3 is 6.03 Å². The Hall–Kier alpha value is -2.04. The van der Waals surface area contributed by atoms with Crippen molar-refractivity contribution in [3.63, 3.8) is 0 Å². The summed E-state index contributed by atoms with van der Waals surface area (Å²) in [5.74, 6) is -0.190. The van der Waals surface area contributed by atoms with Crippen molar-refractivity contribution >= 4 is 11.9 Å². The molecule has 0 aliphatic carbocycles. The van der Waals surface area contributed by atoms with Gasteiger partial charge in [-0.05, 0) is 26.3 Å². The van der Waals surface area contributed by atoms with Gasteiger partial charge in [-0.15, -0.1) is 0 Å². The molecule has 1 rings (SSSR count). The molecule has 3 amide bonds. The van der Waals surface area contributed by atoms with Crippen molar-refractivity contribution in [2.24, 2.45) is 0 Å². The van der Waals surface area contributed by atoms with Gasteiger partial charge in [0, 0.05) is 6.54 Å². The molecule has 3 N–H and O–H groups in total. The Morgan fingerprint density at radius 1 is 1.11 bits per heavy atom. The molecule has 5 nitrogen and oxygen atoms in total. The van der Waals surface area contributed by atoms with E-state index in [0.29, 0.717) is 6.54 Å². The van der Waals surface area contributed by atoms with Crippen LogP contribution in [0.1, 0.15) is 32.4 Å². The molecule has 0 aliphatic rings. The number of likely N-dealkylation sites (N-methyl/N-ethyl adjacent to an activating group) is 1. The molecular weight excluding hydrogens is 242 g/mol. The lowest BCUT2D eigenvalue weighted by molar-refractivity contribution is -0.122. The lowest BCUT2D eigenvalue weighted by Gasteiger charge is -2.18. The lowest BCUT2D eigenvalue weighted by Crippen LogP contribution is -2.48. The van der Waals surface area contributed by atoms with Crippen molar-refractivity contribution in [2.45, 2.75) is 32.9 Å². The Bertz CT molecular complexity index is 420. The van der Waals surface area contributed by atoms with Crippen LogP contribution >= 0.6 is 0 Å². The fourth-order valence-electron chi connectivity index (χ4n) is 1.65. The van der Waals surface area contributed by atoms with Gasteiger partial charge in [0.25, 0.3) is 0 Å². The Balaban J connectivity index is 2.45. The standard InChI is InChI=1S/C14H21N3O2/c1-4-15-13(18)11(3)17-14(19)16-10(2)12-8-6-5-7-9-12/h5-11H,4H2,1-3H3,(H,15,18)(H2,16,17,19). The molecule has 1 aromatic rings. The lowest BCUT2D eigenvalue weighted by atomic mass is 10.1. The quantitative estimate of drug-likeness (QED) is 0.754. The zero-order chi connectivity index (χ0) is 14.3. The van der Waals surface area contributed by atoms with E-state index in [-0.39, 0.29) is 18.0 Å². The monoisotopic (exact) mass is 263 g/mol. The second kappa shape index (κ2) is 7.41. The summed E-state index contributed by atoms with van der Waals surface area (Å²) in [7, 11) is 0. The first-order valence-electron chi connectivity index (χ1n) is 6.44. The molecule has 19 heavy (non-hydrogen) atoms. The summed E-state index contributed by atoms with van der Waals surface area (Å²) < 4.78 is 0. The first-order chi connectivity index (χ1) is 9.04. The van der Waals surface area contributed by atoms with Gasteiger partial charge in [-0.1, -0.05) is 30.3 Å². The Morgan fingerprint density at radius 3 is 2.32 bits per heavy atom. The van der Waals surface area contributed by atoms with Crippen LogP contribution in [0.5, 0.6) is 0 Å². The number of rotatable bonds is 5. The molecule has 2 atom stereocenters. The van der Waals surface area contributed by atoms with Gasteiger partial charge < -0.3 is 16.0 Å². The zero-order valence-corrected chi connectivity index (χ0v) is 11.6. The summed E-state index contributed by atoms with van der Waals surface area (Å²) in [6.07, 6.45) is 0. The molecule has 0 spiro atoms. The maximum absolute atomic E-state index is 11.7. The van der Waals surface area contributed by atoms with Crippen molar-refractivity contribution in [3.05, 3.63) is 35.9 Å². The van der Waals surface area contributed by atoms with E-state index in [2.05, 4.69) is 16.0 Å². The summed E-state index contributed by atoms with van der Waals surface area (Å²) in [5.41, 5.74) is 1.02. The highest BCUT2D eigenvalue weighted by atomic mass is 16.2. The second-order valence-electron chi connectivity index (χ2n) is 4.37. The average Bonchev–Trinajstić information content (AvgIpc) is 2.39. The van der Waals surface area contributed by atoms with Gasteiger partial charge in [-0.3, -0.25) is 4.79 Å². The first-order valence-corrected chi connectivity index (χ1v) is 6.44. The van der Waals surface area contributed by atoms with Gasteiger partial charge in [-0.25, -0.2) is 4.79 Å². The maximum atomic E-state index is 11.7. The molecule has 0 fully saturated rings. The smallest absolute Gasteiger partial charge is 0.315 e. The highest BCUT2D eigenvalue weighted by Crippen LogP contribution is 2.10. The highest BCUT2D eigenvalue weighted by Gasteiger charge is 2.16. The number of carbonyl (C=O) groups is 2. The van der Waals surface area contributed by atoms with E-state index in [1.165, 1.54) is 0 Å². The van der Waals surface area contributed by atoms with E-state index in [1.54, 1.807) is 6.92 Å². The van der Waals surface area contributed by atoms with E-state index in [4.69, 9.17) is 0 Å². The number of carbonyl (C=O) groups excluding carboxylic acids is 2. The number of nitrogens with one attached hydrogen (secondary N) is 3. The fourth-order valence-corrected chi connectivity index (χ4v) is 1.65. The largest absolute Gasteiger partial charge is 0.355 e. The molecular formula is C14H21N3O2. The van der Waals surface area contributed by atoms with Crippen molar-refractivity contribution in [2.75, 3.05) is 6.54 Å². The van der Waals surface area contributed by atoms with E-state index in [9.17, 15) is 9.59 Å². The van der Waals surface area contributed by atoms with Crippen molar-refractivity contribution in [1.29, 1.82) is 0 Å².